The summed E-state index contributed by atoms with van der Waals surface area (Å²) in [6.45, 7) is 1.26. The fourth-order valence-electron chi connectivity index (χ4n) is 2.68. The lowest BCUT2D eigenvalue weighted by molar-refractivity contribution is -0.117. The molecule has 0 saturated carbocycles. The van der Waals surface area contributed by atoms with Crippen LogP contribution in [-0.2, 0) is 22.6 Å². The minimum atomic E-state index is -0.461. The number of esters is 1. The molecule has 0 radical (unpaired) electrons. The Balaban J connectivity index is 1.68. The molecule has 0 saturated heterocycles. The number of amides is 1. The topological polar surface area (TPSA) is 71.8 Å². The first-order valence-corrected chi connectivity index (χ1v) is 9.28. The van der Waals surface area contributed by atoms with Crippen molar-refractivity contribution in [1.29, 1.82) is 0 Å². The summed E-state index contributed by atoms with van der Waals surface area (Å²) in [7, 11) is 1.32. The lowest BCUT2D eigenvalue weighted by Gasteiger charge is -2.21. The number of nitrogens with zero attached hydrogens (tertiary/aromatic N) is 1. The van der Waals surface area contributed by atoms with Crippen molar-refractivity contribution < 1.29 is 18.7 Å². The highest BCUT2D eigenvalue weighted by atomic mass is 32.1. The summed E-state index contributed by atoms with van der Waals surface area (Å²) in [5, 5.41) is 4.54. The maximum absolute atomic E-state index is 12.6. The minimum Gasteiger partial charge on any atom is -0.468 e. The first-order valence-electron chi connectivity index (χ1n) is 8.40. The number of carbonyl (C=O) groups excluding carboxylic acids is 2. The third-order valence-corrected chi connectivity index (χ3v) is 4.78. The smallest absolute Gasteiger partial charge is 0.350 e. The van der Waals surface area contributed by atoms with E-state index < -0.39 is 5.97 Å². The number of carbonyl (C=O) groups is 2. The van der Waals surface area contributed by atoms with E-state index in [-0.39, 0.29) is 12.5 Å². The number of anilines is 1. The van der Waals surface area contributed by atoms with Crippen molar-refractivity contribution in [3.8, 4) is 0 Å². The number of furan rings is 1. The highest BCUT2D eigenvalue weighted by molar-refractivity contribution is 7.12. The van der Waals surface area contributed by atoms with Crippen molar-refractivity contribution in [2.75, 3.05) is 19.0 Å². The Morgan fingerprint density at radius 2 is 1.93 bits per heavy atom. The van der Waals surface area contributed by atoms with Crippen LogP contribution in [0.25, 0.3) is 0 Å². The molecule has 0 spiro atoms. The predicted octanol–water partition coefficient (Wildman–Crippen LogP) is 3.77. The number of hydrogen-bond donors (Lipinski definition) is 1. The van der Waals surface area contributed by atoms with Crippen LogP contribution in [0.4, 0.5) is 5.69 Å². The van der Waals surface area contributed by atoms with Crippen molar-refractivity contribution >= 4 is 28.9 Å². The molecule has 0 bridgehead atoms. The van der Waals surface area contributed by atoms with E-state index in [0.29, 0.717) is 23.7 Å². The molecule has 3 aromatic rings. The van der Waals surface area contributed by atoms with Crippen LogP contribution >= 0.6 is 11.3 Å². The van der Waals surface area contributed by atoms with E-state index in [0.717, 1.165) is 11.3 Å². The number of hydrogen-bond acceptors (Lipinski definition) is 6. The average Bonchev–Trinajstić information content (AvgIpc) is 3.34. The Morgan fingerprint density at radius 1 is 1.11 bits per heavy atom. The van der Waals surface area contributed by atoms with E-state index in [1.807, 2.05) is 47.4 Å². The Kier molecular flexibility index (Phi) is 6.40. The summed E-state index contributed by atoms with van der Waals surface area (Å²) in [6.07, 6.45) is 1.62. The Hall–Kier alpha value is -2.90. The molecule has 0 aliphatic carbocycles. The second-order valence-electron chi connectivity index (χ2n) is 5.91. The molecule has 3 rings (SSSR count). The number of rotatable bonds is 8. The van der Waals surface area contributed by atoms with E-state index >= 15 is 0 Å². The molecule has 0 atom stereocenters. The normalized spacial score (nSPS) is 10.7. The van der Waals surface area contributed by atoms with Crippen molar-refractivity contribution in [3.05, 3.63) is 76.4 Å². The average molecular weight is 384 g/mol. The molecule has 1 aromatic carbocycles. The molecule has 0 aliphatic heterocycles. The van der Waals surface area contributed by atoms with Crippen LogP contribution in [0.5, 0.6) is 0 Å². The number of thiophene rings is 1. The van der Waals surface area contributed by atoms with Crippen molar-refractivity contribution in [3.63, 3.8) is 0 Å². The van der Waals surface area contributed by atoms with Crippen LogP contribution in [0, 0.1) is 0 Å². The summed E-state index contributed by atoms with van der Waals surface area (Å²) in [5.74, 6) is 0.114. The van der Waals surface area contributed by atoms with Crippen molar-refractivity contribution in [2.45, 2.75) is 13.1 Å². The van der Waals surface area contributed by atoms with Crippen LogP contribution in [0.3, 0.4) is 0 Å². The highest BCUT2D eigenvalue weighted by Crippen LogP contribution is 2.23. The van der Waals surface area contributed by atoms with E-state index in [1.54, 1.807) is 17.7 Å². The molecule has 6 nitrogen and oxygen atoms in total. The van der Waals surface area contributed by atoms with Gasteiger partial charge in [0.2, 0.25) is 5.91 Å². The summed E-state index contributed by atoms with van der Waals surface area (Å²) in [6, 6.07) is 15.3. The van der Waals surface area contributed by atoms with Gasteiger partial charge in [0.1, 0.15) is 10.6 Å². The standard InChI is InChI=1S/C20H20N2O4S/c1-25-20(24)19-17(9-11-27-19)21-18(23)14-22(13-16-8-5-10-26-16)12-15-6-3-2-4-7-15/h2-11H,12-14H2,1H3,(H,21,23). The van der Waals surface area contributed by atoms with Gasteiger partial charge in [0.25, 0.3) is 0 Å². The van der Waals surface area contributed by atoms with Gasteiger partial charge in [0.05, 0.1) is 32.1 Å². The summed E-state index contributed by atoms with van der Waals surface area (Å²) >= 11 is 1.23. The van der Waals surface area contributed by atoms with Gasteiger partial charge in [-0.1, -0.05) is 30.3 Å². The summed E-state index contributed by atoms with van der Waals surface area (Å²) in [5.41, 5.74) is 1.57. The molecule has 2 heterocycles. The fourth-order valence-corrected chi connectivity index (χ4v) is 3.45. The van der Waals surface area contributed by atoms with Crippen molar-refractivity contribution in [1.82, 2.24) is 4.90 Å². The van der Waals surface area contributed by atoms with Gasteiger partial charge in [-0.2, -0.15) is 0 Å². The molecule has 0 unspecified atom stereocenters. The maximum atomic E-state index is 12.6. The third kappa shape index (κ3) is 5.29. The Labute approximate surface area is 161 Å². The first-order chi connectivity index (χ1) is 13.2. The quantitative estimate of drug-likeness (QED) is 0.599. The van der Waals surface area contributed by atoms with Crippen molar-refractivity contribution in [2.24, 2.45) is 0 Å². The molecular weight excluding hydrogens is 364 g/mol. The Morgan fingerprint density at radius 3 is 2.63 bits per heavy atom. The van der Waals surface area contributed by atoms with Crippen LogP contribution in [0.2, 0.25) is 0 Å². The van der Waals surface area contributed by atoms with E-state index in [4.69, 9.17) is 9.15 Å². The highest BCUT2D eigenvalue weighted by Gasteiger charge is 2.18. The van der Waals surface area contributed by atoms with Gasteiger partial charge in [-0.25, -0.2) is 4.79 Å². The molecule has 7 heteroatoms. The van der Waals surface area contributed by atoms with Crippen LogP contribution < -0.4 is 5.32 Å². The Bertz CT molecular complexity index is 875. The second kappa shape index (κ2) is 9.16. The van der Waals surface area contributed by atoms with E-state index in [1.165, 1.54) is 18.4 Å². The molecule has 2 aromatic heterocycles. The van der Waals surface area contributed by atoms with Crippen LogP contribution in [0.1, 0.15) is 21.0 Å². The molecule has 1 N–H and O–H groups in total. The lowest BCUT2D eigenvalue weighted by atomic mass is 10.2. The second-order valence-corrected chi connectivity index (χ2v) is 6.83. The van der Waals surface area contributed by atoms with Gasteiger partial charge < -0.3 is 14.5 Å². The lowest BCUT2D eigenvalue weighted by Crippen LogP contribution is -2.32. The maximum Gasteiger partial charge on any atom is 0.350 e. The van der Waals surface area contributed by atoms with Gasteiger partial charge in [-0.05, 0) is 29.1 Å². The zero-order chi connectivity index (χ0) is 19.1. The monoisotopic (exact) mass is 384 g/mol. The first kappa shape index (κ1) is 18.9. The molecular formula is C20H20N2O4S. The summed E-state index contributed by atoms with van der Waals surface area (Å²) < 4.78 is 10.2. The number of methoxy groups -OCH3 is 1. The third-order valence-electron chi connectivity index (χ3n) is 3.89. The van der Waals surface area contributed by atoms with E-state index in [2.05, 4.69) is 5.32 Å². The van der Waals surface area contributed by atoms with Crippen LogP contribution in [0.15, 0.2) is 64.6 Å². The molecule has 0 fully saturated rings. The van der Waals surface area contributed by atoms with Gasteiger partial charge >= 0.3 is 5.97 Å². The largest absolute Gasteiger partial charge is 0.468 e. The zero-order valence-corrected chi connectivity index (χ0v) is 15.7. The van der Waals surface area contributed by atoms with Gasteiger partial charge in [0.15, 0.2) is 0 Å². The number of benzene rings is 1. The van der Waals surface area contributed by atoms with Gasteiger partial charge in [-0.3, -0.25) is 9.69 Å². The van der Waals surface area contributed by atoms with Gasteiger partial charge in [0, 0.05) is 6.54 Å². The zero-order valence-electron chi connectivity index (χ0n) is 14.9. The van der Waals surface area contributed by atoms with Gasteiger partial charge in [-0.15, -0.1) is 11.3 Å². The molecule has 140 valence electrons. The fraction of sp³-hybridized carbons (Fsp3) is 0.200. The predicted molar refractivity (Wildman–Crippen MR) is 104 cm³/mol. The van der Waals surface area contributed by atoms with E-state index in [9.17, 15) is 9.59 Å². The molecule has 1 amide bonds. The molecule has 27 heavy (non-hydrogen) atoms. The SMILES string of the molecule is COC(=O)c1sccc1NC(=O)CN(Cc1ccccc1)Cc1ccco1. The summed E-state index contributed by atoms with van der Waals surface area (Å²) in [4.78, 5) is 26.7. The number of ether oxygens (including phenoxy) is 1. The molecule has 0 aliphatic rings. The van der Waals surface area contributed by atoms with Crippen LogP contribution in [-0.4, -0.2) is 30.4 Å². The number of nitrogens with one attached hydrogen (secondary N) is 1. The minimum absolute atomic E-state index is 0.159.